The maximum Gasteiger partial charge on any atom is 0.307 e. The van der Waals surface area contributed by atoms with Gasteiger partial charge in [-0.15, -0.1) is 11.6 Å². The lowest BCUT2D eigenvalue weighted by Gasteiger charge is -2.15. The van der Waals surface area contributed by atoms with Gasteiger partial charge in [0.15, 0.2) is 0 Å². The Hall–Kier alpha value is -1.55. The maximum absolute atomic E-state index is 11.6. The van der Waals surface area contributed by atoms with Crippen molar-refractivity contribution in [3.05, 3.63) is 29.8 Å². The Morgan fingerprint density at radius 3 is 2.59 bits per heavy atom. The van der Waals surface area contributed by atoms with Crippen molar-refractivity contribution in [2.75, 3.05) is 5.32 Å². The summed E-state index contributed by atoms with van der Waals surface area (Å²) in [6.07, 6.45) is -0.0754. The van der Waals surface area contributed by atoms with Gasteiger partial charge in [-0.05, 0) is 31.5 Å². The van der Waals surface area contributed by atoms with Crippen molar-refractivity contribution < 1.29 is 14.7 Å². The van der Waals surface area contributed by atoms with E-state index in [1.54, 1.807) is 38.1 Å². The molecule has 92 valence electrons. The smallest absolute Gasteiger partial charge is 0.307 e. The molecule has 0 saturated heterocycles. The fraction of sp³-hybridized carbons (Fsp3) is 0.333. The number of anilines is 1. The van der Waals surface area contributed by atoms with Gasteiger partial charge in [0.25, 0.3) is 0 Å². The molecule has 17 heavy (non-hydrogen) atoms. The fourth-order valence-electron chi connectivity index (χ4n) is 1.21. The van der Waals surface area contributed by atoms with E-state index < -0.39 is 10.8 Å². The number of alkyl halides is 1. The lowest BCUT2D eigenvalue weighted by atomic mass is 10.1. The summed E-state index contributed by atoms with van der Waals surface area (Å²) in [7, 11) is 0. The molecule has 1 rings (SSSR count). The van der Waals surface area contributed by atoms with Crippen LogP contribution in [0.5, 0.6) is 0 Å². The lowest BCUT2D eigenvalue weighted by molar-refractivity contribution is -0.136. The van der Waals surface area contributed by atoms with Crippen molar-refractivity contribution in [1.82, 2.24) is 0 Å². The molecule has 5 heteroatoms. The van der Waals surface area contributed by atoms with E-state index in [0.29, 0.717) is 11.3 Å². The van der Waals surface area contributed by atoms with E-state index in [9.17, 15) is 9.59 Å². The van der Waals surface area contributed by atoms with Crippen LogP contribution in [-0.2, 0) is 16.0 Å². The Kier molecular flexibility index (Phi) is 4.12. The number of carbonyl (C=O) groups excluding carboxylic acids is 1. The molecule has 0 aliphatic heterocycles. The molecule has 1 aromatic carbocycles. The van der Waals surface area contributed by atoms with Gasteiger partial charge >= 0.3 is 5.97 Å². The zero-order valence-electron chi connectivity index (χ0n) is 9.66. The number of rotatable bonds is 4. The van der Waals surface area contributed by atoms with Crippen LogP contribution in [0.25, 0.3) is 0 Å². The molecule has 0 heterocycles. The summed E-state index contributed by atoms with van der Waals surface area (Å²) in [5.41, 5.74) is 1.17. The molecule has 0 atom stereocenters. The average molecular weight is 256 g/mol. The van der Waals surface area contributed by atoms with Crippen molar-refractivity contribution >= 4 is 29.2 Å². The third-order valence-corrected chi connectivity index (χ3v) is 2.25. The van der Waals surface area contributed by atoms with Crippen molar-refractivity contribution in [3.8, 4) is 0 Å². The number of amides is 1. The molecule has 2 N–H and O–H groups in total. The first-order chi connectivity index (χ1) is 7.79. The van der Waals surface area contributed by atoms with Crippen LogP contribution in [0.15, 0.2) is 24.3 Å². The van der Waals surface area contributed by atoms with Crippen LogP contribution in [0.3, 0.4) is 0 Å². The van der Waals surface area contributed by atoms with Crippen LogP contribution >= 0.6 is 11.6 Å². The highest BCUT2D eigenvalue weighted by Gasteiger charge is 2.24. The summed E-state index contributed by atoms with van der Waals surface area (Å²) in [5, 5.41) is 11.3. The van der Waals surface area contributed by atoms with E-state index in [-0.39, 0.29) is 12.3 Å². The standard InChI is InChI=1S/C12H14ClNO3/c1-12(2,13)11(17)14-9-5-3-4-8(6-9)7-10(15)16/h3-6H,7H2,1-2H3,(H,14,17)(H,15,16). The molecular weight excluding hydrogens is 242 g/mol. The third-order valence-electron chi connectivity index (χ3n) is 2.08. The van der Waals surface area contributed by atoms with Crippen LogP contribution in [0.4, 0.5) is 5.69 Å². The molecule has 0 aromatic heterocycles. The van der Waals surface area contributed by atoms with Crippen molar-refractivity contribution in [3.63, 3.8) is 0 Å². The summed E-state index contributed by atoms with van der Waals surface area (Å²) >= 11 is 5.85. The monoisotopic (exact) mass is 255 g/mol. The summed E-state index contributed by atoms with van der Waals surface area (Å²) in [5.74, 6) is -1.24. The Labute approximate surface area is 105 Å². The maximum atomic E-state index is 11.6. The molecule has 0 aliphatic rings. The lowest BCUT2D eigenvalue weighted by Crippen LogP contribution is -2.31. The highest BCUT2D eigenvalue weighted by atomic mass is 35.5. The van der Waals surface area contributed by atoms with Gasteiger partial charge < -0.3 is 10.4 Å². The minimum Gasteiger partial charge on any atom is -0.481 e. The molecule has 0 unspecified atom stereocenters. The number of aliphatic carboxylic acids is 1. The number of halogens is 1. The van der Waals surface area contributed by atoms with Crippen molar-refractivity contribution in [2.45, 2.75) is 25.1 Å². The van der Waals surface area contributed by atoms with Crippen LogP contribution < -0.4 is 5.32 Å². The number of carboxylic acids is 1. The largest absolute Gasteiger partial charge is 0.481 e. The summed E-state index contributed by atoms with van der Waals surface area (Å²) in [4.78, 5) is 21.2. The van der Waals surface area contributed by atoms with E-state index in [4.69, 9.17) is 16.7 Å². The quantitative estimate of drug-likeness (QED) is 0.811. The average Bonchev–Trinajstić information content (AvgIpc) is 2.15. The Morgan fingerprint density at radius 1 is 1.41 bits per heavy atom. The van der Waals surface area contributed by atoms with Gasteiger partial charge in [-0.3, -0.25) is 9.59 Å². The third kappa shape index (κ3) is 4.44. The molecular formula is C12H14ClNO3. The van der Waals surface area contributed by atoms with E-state index in [1.807, 2.05) is 0 Å². The van der Waals surface area contributed by atoms with Gasteiger partial charge in [-0.1, -0.05) is 12.1 Å². The van der Waals surface area contributed by atoms with E-state index in [1.165, 1.54) is 0 Å². The van der Waals surface area contributed by atoms with Crippen molar-refractivity contribution in [1.29, 1.82) is 0 Å². The molecule has 0 radical (unpaired) electrons. The first kappa shape index (κ1) is 13.5. The summed E-state index contributed by atoms with van der Waals surface area (Å²) in [6, 6.07) is 6.69. The van der Waals surface area contributed by atoms with Gasteiger partial charge in [-0.2, -0.15) is 0 Å². The van der Waals surface area contributed by atoms with E-state index >= 15 is 0 Å². The molecule has 1 aromatic rings. The van der Waals surface area contributed by atoms with Crippen molar-refractivity contribution in [2.24, 2.45) is 0 Å². The highest BCUT2D eigenvalue weighted by Crippen LogP contribution is 2.17. The zero-order chi connectivity index (χ0) is 13.1. The molecule has 1 amide bonds. The SMILES string of the molecule is CC(C)(Cl)C(=O)Nc1cccc(CC(=O)O)c1. The Bertz CT molecular complexity index is 438. The number of carboxylic acid groups (broad SMARTS) is 1. The Morgan fingerprint density at radius 2 is 2.06 bits per heavy atom. The van der Waals surface area contributed by atoms with Gasteiger partial charge in [0.2, 0.25) is 5.91 Å². The molecule has 0 spiro atoms. The second kappa shape index (κ2) is 5.19. The van der Waals surface area contributed by atoms with Crippen LogP contribution in [0.2, 0.25) is 0 Å². The van der Waals surface area contributed by atoms with Gasteiger partial charge in [0, 0.05) is 5.69 Å². The van der Waals surface area contributed by atoms with Gasteiger partial charge in [0.05, 0.1) is 6.42 Å². The Balaban J connectivity index is 2.79. The van der Waals surface area contributed by atoms with Crippen LogP contribution in [0, 0.1) is 0 Å². The number of carbonyl (C=O) groups is 2. The number of hydrogen-bond donors (Lipinski definition) is 2. The molecule has 0 aliphatic carbocycles. The first-order valence-electron chi connectivity index (χ1n) is 5.10. The molecule has 0 bridgehead atoms. The van der Waals surface area contributed by atoms with Crippen LogP contribution in [0.1, 0.15) is 19.4 Å². The van der Waals surface area contributed by atoms with E-state index in [0.717, 1.165) is 0 Å². The normalized spacial score (nSPS) is 11.0. The number of nitrogens with one attached hydrogen (secondary N) is 1. The second-order valence-corrected chi connectivity index (χ2v) is 5.14. The first-order valence-corrected chi connectivity index (χ1v) is 5.48. The molecule has 0 saturated carbocycles. The predicted molar refractivity (Wildman–Crippen MR) is 66.3 cm³/mol. The predicted octanol–water partition coefficient (Wildman–Crippen LogP) is 2.27. The number of benzene rings is 1. The summed E-state index contributed by atoms with van der Waals surface area (Å²) < 4.78 is 0. The van der Waals surface area contributed by atoms with Gasteiger partial charge in [-0.25, -0.2) is 0 Å². The highest BCUT2D eigenvalue weighted by molar-refractivity contribution is 6.35. The minimum atomic E-state index is -0.997. The van der Waals surface area contributed by atoms with Crippen LogP contribution in [-0.4, -0.2) is 21.9 Å². The molecule has 0 fully saturated rings. The minimum absolute atomic E-state index is 0.0754. The fourth-order valence-corrected chi connectivity index (χ4v) is 1.26. The molecule has 4 nitrogen and oxygen atoms in total. The zero-order valence-corrected chi connectivity index (χ0v) is 10.4. The van der Waals surface area contributed by atoms with Gasteiger partial charge in [0.1, 0.15) is 4.87 Å². The number of hydrogen-bond acceptors (Lipinski definition) is 2. The van der Waals surface area contributed by atoms with E-state index in [2.05, 4.69) is 5.32 Å². The summed E-state index contributed by atoms with van der Waals surface area (Å²) in [6.45, 7) is 3.18. The second-order valence-electron chi connectivity index (χ2n) is 4.20. The topological polar surface area (TPSA) is 66.4 Å².